The van der Waals surface area contributed by atoms with Crippen molar-refractivity contribution in [3.63, 3.8) is 0 Å². The molecule has 18 unspecified atom stereocenters. The highest BCUT2D eigenvalue weighted by atomic mass is 32.3. The van der Waals surface area contributed by atoms with Gasteiger partial charge in [-0.15, -0.1) is 0 Å². The van der Waals surface area contributed by atoms with Crippen LogP contribution in [0.15, 0.2) is 0 Å². The number of aliphatic hydroxyl groups is 6. The van der Waals surface area contributed by atoms with Crippen LogP contribution < -0.4 is 31.9 Å². The number of nitrogens with one attached hydrogen (secondary N) is 6. The molecule has 4 saturated heterocycles. The van der Waals surface area contributed by atoms with E-state index in [0.717, 1.165) is 77.0 Å². The first-order chi connectivity index (χ1) is 62.5. The fourth-order valence-electron chi connectivity index (χ4n) is 14.2. The number of ether oxygens (including phenoxy) is 16. The molecule has 0 aliphatic carbocycles. The van der Waals surface area contributed by atoms with Gasteiger partial charge in [0.25, 0.3) is 0 Å². The normalized spacial score (nSPS) is 24.9. The van der Waals surface area contributed by atoms with Crippen LogP contribution in [0.2, 0.25) is 0 Å². The Morgan fingerprint density at radius 2 is 0.618 bits per heavy atom. The average molecular weight is 1930 g/mol. The number of carbonyl (C=O) groups excluding carboxylic acids is 8. The molecular formula is C85H154N6O38S2. The topological polar surface area (TPSA) is 605 Å². The van der Waals surface area contributed by atoms with Gasteiger partial charge in [-0.3, -0.25) is 47.5 Å². The van der Waals surface area contributed by atoms with Crippen molar-refractivity contribution in [1.82, 2.24) is 31.9 Å². The molecule has 0 aromatic heterocycles. The van der Waals surface area contributed by atoms with Gasteiger partial charge in [0.05, 0.1) is 118 Å². The number of rotatable bonds is 78. The number of unbranched alkanes of at least 4 members (excludes halogenated alkanes) is 14. The molecule has 131 heavy (non-hydrogen) atoms. The van der Waals surface area contributed by atoms with Crippen LogP contribution in [0.4, 0.5) is 0 Å². The van der Waals surface area contributed by atoms with Gasteiger partial charge >= 0.3 is 20.8 Å². The Bertz CT molecular complexity index is 3170. The Morgan fingerprint density at radius 1 is 0.336 bits per heavy atom. The zero-order valence-corrected chi connectivity index (χ0v) is 78.9. The van der Waals surface area contributed by atoms with E-state index in [-0.39, 0.29) is 119 Å². The predicted molar refractivity (Wildman–Crippen MR) is 466 cm³/mol. The summed E-state index contributed by atoms with van der Waals surface area (Å²) < 4.78 is 165. The van der Waals surface area contributed by atoms with Crippen molar-refractivity contribution in [3.05, 3.63) is 0 Å². The van der Waals surface area contributed by atoms with Crippen LogP contribution in [0.3, 0.4) is 0 Å². The molecule has 0 bridgehead atoms. The van der Waals surface area contributed by atoms with Crippen molar-refractivity contribution in [2.75, 3.05) is 158 Å². The molecule has 4 fully saturated rings. The molecule has 0 saturated carbocycles. The van der Waals surface area contributed by atoms with E-state index in [2.05, 4.69) is 31.9 Å². The molecule has 4 aliphatic rings. The predicted octanol–water partition coefficient (Wildman–Crippen LogP) is 1.23. The Morgan fingerprint density at radius 3 is 0.939 bits per heavy atom. The summed E-state index contributed by atoms with van der Waals surface area (Å²) in [6.45, 7) is 16.2. The third kappa shape index (κ3) is 55.3. The number of ketones is 2. The number of aliphatic hydroxyl groups excluding tert-OH is 6. The second-order valence-corrected chi connectivity index (χ2v) is 35.9. The maximum Gasteiger partial charge on any atom is 0.397 e. The molecule has 14 N–H and O–H groups in total. The Labute approximate surface area is 770 Å². The van der Waals surface area contributed by atoms with Gasteiger partial charge in [0, 0.05) is 123 Å². The van der Waals surface area contributed by atoms with Gasteiger partial charge in [-0.1, -0.05) is 78.1 Å². The standard InChI is InChI=1S/C85H154N6O38S2/c1-59-73(100)77(104)71(90-61(3)92)81(124-59)126-65-55-122-83(79(75(65)102)128-130(106,107)108)120-41-23-15-13-21-37-86-67(96)31-43-114-49-53-116-51-47-112-39-25-29-63(94)27-17-9-7-11-19-35-88-69(98)33-45-118-57-85(5,6)58-119-46-34-70(99)89-36-20-12-8-10-18-28-64(95)30-26-40-113-48-52-117-54-50-115-44-32-68(97)87-38-22-14-16-24-42-121-84-80(129-131(109,110)111)76(103)66(56-123-84)127-82-72(91-62(4)93)78(105)74(101)60(2)125-82/h59-60,65-66,71-84,100-105H,7-58H2,1-6H3,(H,86,96)(H,87,97)(H,88,98)(H,89,99)(H,90,92)(H,91,93)(H,106,107,108)(H,109,110,111). The molecule has 4 aliphatic heterocycles. The van der Waals surface area contributed by atoms with Gasteiger partial charge in [0.15, 0.2) is 37.4 Å². The van der Waals surface area contributed by atoms with Crippen LogP contribution in [-0.4, -0.2) is 372 Å². The summed E-state index contributed by atoms with van der Waals surface area (Å²) in [7, 11) is -10.2. The molecular weight excluding hydrogens is 1780 g/mol. The van der Waals surface area contributed by atoms with E-state index < -0.39 is 143 Å². The minimum absolute atomic E-state index is 0.0635. The maximum absolute atomic E-state index is 12.4. The molecule has 46 heteroatoms. The molecule has 0 aromatic rings. The van der Waals surface area contributed by atoms with Gasteiger partial charge in [-0.2, -0.15) is 16.8 Å². The van der Waals surface area contributed by atoms with E-state index >= 15 is 0 Å². The first kappa shape index (κ1) is 118. The number of carbonyl (C=O) groups is 8. The molecule has 6 amide bonds. The van der Waals surface area contributed by atoms with Crippen molar-refractivity contribution in [3.8, 4) is 0 Å². The van der Waals surface area contributed by atoms with Crippen LogP contribution >= 0.6 is 0 Å². The molecule has 0 radical (unpaired) electrons. The first-order valence-electron chi connectivity index (χ1n) is 46.3. The maximum atomic E-state index is 12.4. The van der Waals surface area contributed by atoms with Crippen LogP contribution in [0.25, 0.3) is 0 Å². The Kier molecular flexibility index (Phi) is 62.3. The van der Waals surface area contributed by atoms with E-state index in [4.69, 9.17) is 84.2 Å². The number of hydrogen-bond acceptors (Lipinski definition) is 36. The largest absolute Gasteiger partial charge is 0.397 e. The van der Waals surface area contributed by atoms with Crippen LogP contribution in [0, 0.1) is 5.41 Å². The zero-order valence-electron chi connectivity index (χ0n) is 77.3. The summed E-state index contributed by atoms with van der Waals surface area (Å²) in [6, 6.07) is -2.52. The molecule has 44 nitrogen and oxygen atoms in total. The zero-order chi connectivity index (χ0) is 96.3. The van der Waals surface area contributed by atoms with Gasteiger partial charge in [0.2, 0.25) is 35.4 Å². The lowest BCUT2D eigenvalue weighted by Crippen LogP contribution is -2.65. The molecule has 764 valence electrons. The second kappa shape index (κ2) is 68.9. The van der Waals surface area contributed by atoms with Crippen LogP contribution in [0.5, 0.6) is 0 Å². The van der Waals surface area contributed by atoms with E-state index in [9.17, 15) is 94.9 Å². The van der Waals surface area contributed by atoms with Crippen molar-refractivity contribution in [1.29, 1.82) is 0 Å². The van der Waals surface area contributed by atoms with Crippen molar-refractivity contribution in [2.24, 2.45) is 5.41 Å². The summed E-state index contributed by atoms with van der Waals surface area (Å²) in [4.78, 5) is 97.7. The minimum Gasteiger partial charge on any atom is -0.388 e. The smallest absolute Gasteiger partial charge is 0.388 e. The van der Waals surface area contributed by atoms with Crippen molar-refractivity contribution < 1.29 is 179 Å². The highest BCUT2D eigenvalue weighted by Crippen LogP contribution is 2.32. The Hall–Kier alpha value is -4.98. The summed E-state index contributed by atoms with van der Waals surface area (Å²) >= 11 is 0. The fraction of sp³-hybridized carbons (Fsp3) is 0.906. The lowest BCUT2D eigenvalue weighted by molar-refractivity contribution is -0.320. The van der Waals surface area contributed by atoms with Gasteiger partial charge < -0.3 is 138 Å². The summed E-state index contributed by atoms with van der Waals surface area (Å²) in [6.07, 6.45) is -4.76. The highest BCUT2D eigenvalue weighted by Gasteiger charge is 2.52. The van der Waals surface area contributed by atoms with Crippen molar-refractivity contribution in [2.45, 2.75) is 332 Å². The first-order valence-corrected chi connectivity index (χ1v) is 49.0. The Balaban J connectivity index is 0.811. The quantitative estimate of drug-likeness (QED) is 0.0301. The summed E-state index contributed by atoms with van der Waals surface area (Å²) in [5.41, 5.74) is -0.310. The van der Waals surface area contributed by atoms with Gasteiger partial charge in [-0.25, -0.2) is 8.37 Å². The molecule has 18 atom stereocenters. The monoisotopic (exact) mass is 1930 g/mol. The summed E-state index contributed by atoms with van der Waals surface area (Å²) in [5.74, 6) is -1.20. The summed E-state index contributed by atoms with van der Waals surface area (Å²) in [5, 5.41) is 80.2. The molecule has 4 rings (SSSR count). The third-order valence-electron chi connectivity index (χ3n) is 21.4. The van der Waals surface area contributed by atoms with E-state index in [1.54, 1.807) is 0 Å². The number of hydrogen-bond donors (Lipinski definition) is 14. The molecule has 0 spiro atoms. The number of amides is 6. The lowest BCUT2D eigenvalue weighted by Gasteiger charge is -2.45. The van der Waals surface area contributed by atoms with Crippen LogP contribution in [0.1, 0.15) is 221 Å². The average Bonchev–Trinajstić information content (AvgIpc) is 0.793. The number of Topliss-reactive ketones (excluding diaryl/α,β-unsaturated/α-hetero) is 2. The minimum atomic E-state index is -5.10. The van der Waals surface area contributed by atoms with E-state index in [1.165, 1.54) is 27.7 Å². The highest BCUT2D eigenvalue weighted by molar-refractivity contribution is 7.81. The van der Waals surface area contributed by atoms with E-state index in [1.807, 2.05) is 13.8 Å². The SMILES string of the molecule is CC(=O)NC1C(OC2COC(OCCCCCCNC(=O)CCOCCOCCOCCCC(=O)CCCCCCCNC(=O)CCOCC(C)(C)COCCC(=O)NCCCCCCCC(=O)CCCOCCOCCOCCC(=O)NCCCCCCOC3OCC(OC4OC(C)C(O)C(O)C4NC(C)=O)C(O)C3OS(=O)(=O)O)C(OS(=O)(=O)O)C2O)OC(C)C(O)C1O. The molecule has 0 aromatic carbocycles. The van der Waals surface area contributed by atoms with Crippen LogP contribution in [-0.2, 0) is 143 Å². The van der Waals surface area contributed by atoms with Gasteiger partial charge in [-0.05, 0) is 78.1 Å². The van der Waals surface area contributed by atoms with Crippen molar-refractivity contribution >= 4 is 67.8 Å². The lowest BCUT2D eigenvalue weighted by atomic mass is 9.96. The molecule has 4 heterocycles. The van der Waals surface area contributed by atoms with Gasteiger partial charge in [0.1, 0.15) is 72.5 Å². The third-order valence-corrected chi connectivity index (χ3v) is 22.4. The van der Waals surface area contributed by atoms with E-state index in [0.29, 0.717) is 183 Å². The second-order valence-electron chi connectivity index (χ2n) is 33.8. The fourth-order valence-corrected chi connectivity index (χ4v) is 15.2.